The molecule has 0 aromatic carbocycles. The van der Waals surface area contributed by atoms with Crippen LogP contribution in [0.3, 0.4) is 0 Å². The van der Waals surface area contributed by atoms with Crippen LogP contribution in [0.4, 0.5) is 0 Å². The van der Waals surface area contributed by atoms with Gasteiger partial charge < -0.3 is 38.9 Å². The molecule has 1 aliphatic rings. The van der Waals surface area contributed by atoms with Crippen LogP contribution < -0.4 is 68.9 Å². The third-order valence-electron chi connectivity index (χ3n) is 2.04. The van der Waals surface area contributed by atoms with Crippen molar-refractivity contribution in [3.8, 4) is 0 Å². The molecule has 0 aromatic rings. The van der Waals surface area contributed by atoms with E-state index in [9.17, 15) is 29.7 Å². The number of phosphoric acid groups is 1. The summed E-state index contributed by atoms with van der Waals surface area (Å²) in [7, 11) is -5.32. The second kappa shape index (κ2) is 8.28. The van der Waals surface area contributed by atoms with Crippen molar-refractivity contribution in [2.24, 2.45) is 0 Å². The van der Waals surface area contributed by atoms with Crippen molar-refractivity contribution < 1.29 is 98.0 Å². The van der Waals surface area contributed by atoms with Crippen LogP contribution in [0, 0.1) is 0 Å². The maximum Gasteiger partial charge on any atom is 1.00 e. The van der Waals surface area contributed by atoms with Crippen LogP contribution in [-0.4, -0.2) is 46.0 Å². The van der Waals surface area contributed by atoms with Crippen LogP contribution in [0.15, 0.2) is 0 Å². The SMILES string of the molecule is CC1OC(OP(=O)([O-])[O-])C(O)C(O)C1O.[Na+].[Na+]. The average Bonchev–Trinajstić information content (AvgIpc) is 2.08. The predicted molar refractivity (Wildman–Crippen MR) is 41.0 cm³/mol. The minimum absolute atomic E-state index is 0. The summed E-state index contributed by atoms with van der Waals surface area (Å²) in [5.41, 5.74) is 0. The Morgan fingerprint density at radius 2 is 1.59 bits per heavy atom. The number of phosphoric ester groups is 1. The van der Waals surface area contributed by atoms with E-state index >= 15 is 0 Å². The van der Waals surface area contributed by atoms with E-state index in [2.05, 4.69) is 4.52 Å². The Bertz CT molecular complexity index is 273. The van der Waals surface area contributed by atoms with E-state index < -0.39 is 38.5 Å². The van der Waals surface area contributed by atoms with Gasteiger partial charge >= 0.3 is 59.1 Å². The second-order valence-corrected chi connectivity index (χ2v) is 4.34. The molecule has 90 valence electrons. The van der Waals surface area contributed by atoms with Gasteiger partial charge in [-0.3, -0.25) is 0 Å². The molecule has 0 saturated carbocycles. The average molecular weight is 288 g/mol. The zero-order valence-corrected chi connectivity index (χ0v) is 14.6. The summed E-state index contributed by atoms with van der Waals surface area (Å²) in [5, 5.41) is 27.7. The fourth-order valence-corrected chi connectivity index (χ4v) is 1.66. The van der Waals surface area contributed by atoms with Crippen LogP contribution in [0.5, 0.6) is 0 Å². The summed E-state index contributed by atoms with van der Waals surface area (Å²) < 4.78 is 18.8. The molecule has 1 heterocycles. The smallest absolute Gasteiger partial charge is 0.790 e. The maximum absolute atomic E-state index is 10.3. The topological polar surface area (TPSA) is 142 Å². The summed E-state index contributed by atoms with van der Waals surface area (Å²) in [6, 6.07) is 0. The third-order valence-corrected chi connectivity index (χ3v) is 2.51. The van der Waals surface area contributed by atoms with Gasteiger partial charge in [-0.1, -0.05) is 0 Å². The molecule has 3 N–H and O–H groups in total. The van der Waals surface area contributed by atoms with E-state index in [-0.39, 0.29) is 59.1 Å². The molecule has 0 radical (unpaired) electrons. The van der Waals surface area contributed by atoms with E-state index in [1.165, 1.54) is 6.92 Å². The van der Waals surface area contributed by atoms with Gasteiger partial charge in [-0.25, -0.2) is 0 Å². The first-order valence-corrected chi connectivity index (χ1v) is 5.58. The number of ether oxygens (including phenoxy) is 1. The summed E-state index contributed by atoms with van der Waals surface area (Å²) in [6.45, 7) is 1.33. The standard InChI is InChI=1S/C6H13O8P.2Na/c1-2-3(7)4(8)5(9)6(13-2)14-15(10,11)12;;/h2-9H,1H3,(H2,10,11,12);;/q;2*+1/p-2. The molecule has 1 saturated heterocycles. The minimum Gasteiger partial charge on any atom is -0.790 e. The van der Waals surface area contributed by atoms with Crippen molar-refractivity contribution in [1.82, 2.24) is 0 Å². The van der Waals surface area contributed by atoms with Crippen LogP contribution >= 0.6 is 7.82 Å². The molecule has 0 spiro atoms. The molecule has 1 rings (SSSR count). The van der Waals surface area contributed by atoms with E-state index in [1.807, 2.05) is 0 Å². The van der Waals surface area contributed by atoms with Crippen molar-refractivity contribution >= 4 is 7.82 Å². The van der Waals surface area contributed by atoms with Gasteiger partial charge in [0.1, 0.15) is 18.3 Å². The number of aliphatic hydroxyl groups is 3. The van der Waals surface area contributed by atoms with Gasteiger partial charge in [-0.2, -0.15) is 0 Å². The first-order chi connectivity index (χ1) is 6.72. The molecule has 5 atom stereocenters. The van der Waals surface area contributed by atoms with Gasteiger partial charge in [0, 0.05) is 0 Å². The molecule has 5 unspecified atom stereocenters. The van der Waals surface area contributed by atoms with Crippen molar-refractivity contribution in [1.29, 1.82) is 0 Å². The molecular formula is C6H11Na2O8P. The van der Waals surface area contributed by atoms with Crippen LogP contribution in [-0.2, 0) is 13.8 Å². The zero-order valence-electron chi connectivity index (χ0n) is 9.72. The van der Waals surface area contributed by atoms with E-state index in [0.717, 1.165) is 0 Å². The first kappa shape index (κ1) is 21.3. The summed E-state index contributed by atoms with van der Waals surface area (Å²) >= 11 is 0. The Kier molecular flexibility index (Phi) is 10.4. The van der Waals surface area contributed by atoms with Gasteiger partial charge in [0.2, 0.25) is 0 Å². The quantitative estimate of drug-likeness (QED) is 0.336. The Balaban J connectivity index is 0. The van der Waals surface area contributed by atoms with Gasteiger partial charge in [0.05, 0.1) is 13.9 Å². The predicted octanol–water partition coefficient (Wildman–Crippen LogP) is -9.33. The van der Waals surface area contributed by atoms with Crippen LogP contribution in [0.1, 0.15) is 6.92 Å². The summed E-state index contributed by atoms with van der Waals surface area (Å²) in [5.74, 6) is 0. The summed E-state index contributed by atoms with van der Waals surface area (Å²) in [6.07, 6.45) is -7.56. The number of rotatable bonds is 2. The van der Waals surface area contributed by atoms with E-state index in [0.29, 0.717) is 0 Å². The van der Waals surface area contributed by atoms with Crippen LogP contribution in [0.25, 0.3) is 0 Å². The van der Waals surface area contributed by atoms with Crippen molar-refractivity contribution in [3.05, 3.63) is 0 Å². The van der Waals surface area contributed by atoms with Crippen LogP contribution in [0.2, 0.25) is 0 Å². The Hall–Kier alpha value is 1.95. The van der Waals surface area contributed by atoms with E-state index in [4.69, 9.17) is 4.74 Å². The molecule has 0 aliphatic carbocycles. The van der Waals surface area contributed by atoms with E-state index in [1.54, 1.807) is 0 Å². The second-order valence-electron chi connectivity index (χ2n) is 3.23. The van der Waals surface area contributed by atoms with Crippen molar-refractivity contribution in [2.75, 3.05) is 0 Å². The first-order valence-electron chi connectivity index (χ1n) is 4.12. The molecule has 8 nitrogen and oxygen atoms in total. The molecular weight excluding hydrogens is 277 g/mol. The van der Waals surface area contributed by atoms with Gasteiger partial charge in [0.15, 0.2) is 6.29 Å². The molecule has 11 heteroatoms. The third kappa shape index (κ3) is 6.29. The molecule has 17 heavy (non-hydrogen) atoms. The van der Waals surface area contributed by atoms with Gasteiger partial charge in [-0.05, 0) is 6.92 Å². The molecule has 1 aliphatic heterocycles. The molecule has 0 amide bonds. The maximum atomic E-state index is 10.3. The number of aliphatic hydroxyl groups excluding tert-OH is 3. The summed E-state index contributed by atoms with van der Waals surface area (Å²) in [4.78, 5) is 20.5. The Labute approximate surface area is 142 Å². The van der Waals surface area contributed by atoms with Gasteiger partial charge in [-0.15, -0.1) is 0 Å². The molecule has 1 fully saturated rings. The molecule has 0 bridgehead atoms. The Morgan fingerprint density at radius 1 is 1.12 bits per heavy atom. The number of hydrogen-bond donors (Lipinski definition) is 3. The van der Waals surface area contributed by atoms with Gasteiger partial charge in [0.25, 0.3) is 0 Å². The molecule has 0 aromatic heterocycles. The monoisotopic (exact) mass is 288 g/mol. The van der Waals surface area contributed by atoms with Crippen molar-refractivity contribution in [3.63, 3.8) is 0 Å². The fourth-order valence-electron chi connectivity index (χ4n) is 1.23. The Morgan fingerprint density at radius 3 is 2.00 bits per heavy atom. The minimum atomic E-state index is -5.32. The normalized spacial score (nSPS) is 37.9. The largest absolute Gasteiger partial charge is 1.00 e. The fraction of sp³-hybridized carbons (Fsp3) is 1.00. The van der Waals surface area contributed by atoms with Crippen molar-refractivity contribution in [2.45, 2.75) is 37.6 Å². The number of hydrogen-bond acceptors (Lipinski definition) is 8. The zero-order chi connectivity index (χ0) is 11.8.